The third-order valence-corrected chi connectivity index (χ3v) is 4.42. The molecule has 0 bridgehead atoms. The molecule has 6 heteroatoms. The van der Waals surface area contributed by atoms with Gasteiger partial charge in [-0.3, -0.25) is 0 Å². The maximum atomic E-state index is 11.5. The SMILES string of the molecule is C=C(C)C(=O)OCCCC(CCCCCCCC)C(C)(OOC)OOC. The molecule has 0 aliphatic heterocycles. The van der Waals surface area contributed by atoms with Crippen molar-refractivity contribution in [3.8, 4) is 0 Å². The molecule has 0 saturated heterocycles. The van der Waals surface area contributed by atoms with Gasteiger partial charge in [0.25, 0.3) is 0 Å². The number of unbranched alkanes of at least 4 members (excludes halogenated alkanes) is 5. The van der Waals surface area contributed by atoms with Crippen LogP contribution in [0.5, 0.6) is 0 Å². The van der Waals surface area contributed by atoms with Gasteiger partial charge in [-0.05, 0) is 33.1 Å². The molecular weight excluding hydrogens is 336 g/mol. The van der Waals surface area contributed by atoms with Gasteiger partial charge in [0.05, 0.1) is 20.8 Å². The Morgan fingerprint density at radius 1 is 0.962 bits per heavy atom. The number of ether oxygens (including phenoxy) is 1. The van der Waals surface area contributed by atoms with Crippen molar-refractivity contribution in [3.63, 3.8) is 0 Å². The molecule has 0 aliphatic carbocycles. The maximum absolute atomic E-state index is 11.5. The molecule has 1 atom stereocenters. The second-order valence-electron chi connectivity index (χ2n) is 6.83. The van der Waals surface area contributed by atoms with Crippen LogP contribution >= 0.6 is 0 Å². The summed E-state index contributed by atoms with van der Waals surface area (Å²) in [5.41, 5.74) is 0.406. The van der Waals surface area contributed by atoms with Crippen LogP contribution in [0.15, 0.2) is 12.2 Å². The van der Waals surface area contributed by atoms with Crippen molar-refractivity contribution < 1.29 is 29.1 Å². The summed E-state index contributed by atoms with van der Waals surface area (Å²) in [6.45, 7) is 9.58. The molecule has 0 aromatic carbocycles. The molecule has 0 spiro atoms. The largest absolute Gasteiger partial charge is 0.462 e. The highest BCUT2D eigenvalue weighted by molar-refractivity contribution is 5.86. The van der Waals surface area contributed by atoms with Crippen molar-refractivity contribution in [2.75, 3.05) is 20.8 Å². The molecule has 0 aromatic rings. The van der Waals surface area contributed by atoms with Crippen LogP contribution in [0.1, 0.15) is 78.6 Å². The Kier molecular flexibility index (Phi) is 14.6. The first kappa shape index (κ1) is 25.1. The van der Waals surface area contributed by atoms with E-state index in [1.165, 1.54) is 46.3 Å². The predicted molar refractivity (Wildman–Crippen MR) is 101 cm³/mol. The van der Waals surface area contributed by atoms with Crippen LogP contribution in [-0.2, 0) is 29.1 Å². The summed E-state index contributed by atoms with van der Waals surface area (Å²) in [6.07, 6.45) is 9.69. The fraction of sp³-hybridized carbons (Fsp3) is 0.850. The van der Waals surface area contributed by atoms with E-state index >= 15 is 0 Å². The average Bonchev–Trinajstić information content (AvgIpc) is 2.59. The molecule has 0 heterocycles. The monoisotopic (exact) mass is 374 g/mol. The Bertz CT molecular complexity index is 376. The average molecular weight is 375 g/mol. The lowest BCUT2D eigenvalue weighted by atomic mass is 9.89. The van der Waals surface area contributed by atoms with Gasteiger partial charge < -0.3 is 4.74 Å². The van der Waals surface area contributed by atoms with Crippen molar-refractivity contribution in [1.82, 2.24) is 0 Å². The summed E-state index contributed by atoms with van der Waals surface area (Å²) >= 11 is 0. The number of hydrogen-bond donors (Lipinski definition) is 0. The van der Waals surface area contributed by atoms with Crippen molar-refractivity contribution in [1.29, 1.82) is 0 Å². The van der Waals surface area contributed by atoms with Crippen LogP contribution in [0, 0.1) is 5.92 Å². The lowest BCUT2D eigenvalue weighted by molar-refractivity contribution is -0.508. The first-order valence-electron chi connectivity index (χ1n) is 9.67. The van der Waals surface area contributed by atoms with Gasteiger partial charge in [0.2, 0.25) is 5.79 Å². The van der Waals surface area contributed by atoms with E-state index in [-0.39, 0.29) is 11.9 Å². The Balaban J connectivity index is 4.55. The normalized spacial score (nSPS) is 12.8. The molecule has 6 nitrogen and oxygen atoms in total. The minimum absolute atomic E-state index is 0.0529. The van der Waals surface area contributed by atoms with Crippen LogP contribution < -0.4 is 0 Å². The van der Waals surface area contributed by atoms with Gasteiger partial charge in [0, 0.05) is 11.5 Å². The highest BCUT2D eigenvalue weighted by Crippen LogP contribution is 2.32. The van der Waals surface area contributed by atoms with E-state index in [1.54, 1.807) is 6.92 Å². The molecule has 0 N–H and O–H groups in total. The highest BCUT2D eigenvalue weighted by Gasteiger charge is 2.38. The lowest BCUT2D eigenvalue weighted by Gasteiger charge is -2.33. The smallest absolute Gasteiger partial charge is 0.333 e. The zero-order valence-electron chi connectivity index (χ0n) is 17.3. The van der Waals surface area contributed by atoms with E-state index in [2.05, 4.69) is 13.5 Å². The molecule has 0 radical (unpaired) electrons. The van der Waals surface area contributed by atoms with Crippen molar-refractivity contribution >= 4 is 5.97 Å². The number of carbonyl (C=O) groups is 1. The molecule has 0 fully saturated rings. The molecule has 154 valence electrons. The third kappa shape index (κ3) is 10.9. The van der Waals surface area contributed by atoms with E-state index in [4.69, 9.17) is 24.3 Å². The topological polar surface area (TPSA) is 63.2 Å². The molecule has 0 rings (SSSR count). The predicted octanol–water partition coefficient (Wildman–Crippen LogP) is 5.12. The zero-order valence-corrected chi connectivity index (χ0v) is 17.3. The number of rotatable bonds is 17. The van der Waals surface area contributed by atoms with Crippen LogP contribution in [0.3, 0.4) is 0 Å². The van der Waals surface area contributed by atoms with Gasteiger partial charge >= 0.3 is 5.97 Å². The minimum atomic E-state index is -1.01. The Morgan fingerprint density at radius 2 is 1.50 bits per heavy atom. The summed E-state index contributed by atoms with van der Waals surface area (Å²) in [7, 11) is 2.90. The summed E-state index contributed by atoms with van der Waals surface area (Å²) in [5.74, 6) is -1.32. The van der Waals surface area contributed by atoms with Crippen molar-refractivity contribution in [2.24, 2.45) is 5.92 Å². The molecule has 0 amide bonds. The van der Waals surface area contributed by atoms with E-state index in [0.717, 1.165) is 19.3 Å². The summed E-state index contributed by atoms with van der Waals surface area (Å²) < 4.78 is 5.17. The minimum Gasteiger partial charge on any atom is -0.462 e. The summed E-state index contributed by atoms with van der Waals surface area (Å²) in [4.78, 5) is 32.0. The lowest BCUT2D eigenvalue weighted by Crippen LogP contribution is -2.40. The molecule has 0 aromatic heterocycles. The summed E-state index contributed by atoms with van der Waals surface area (Å²) in [5, 5.41) is 0. The number of esters is 1. The molecular formula is C20H38O6. The van der Waals surface area contributed by atoms with E-state index in [9.17, 15) is 4.79 Å². The summed E-state index contributed by atoms with van der Waals surface area (Å²) in [6, 6.07) is 0. The highest BCUT2D eigenvalue weighted by atomic mass is 17.3. The Hall–Kier alpha value is -0.950. The third-order valence-electron chi connectivity index (χ3n) is 4.42. The fourth-order valence-corrected chi connectivity index (χ4v) is 2.94. The van der Waals surface area contributed by atoms with Gasteiger partial charge in [-0.25, -0.2) is 14.6 Å². The van der Waals surface area contributed by atoms with Gasteiger partial charge in [-0.2, -0.15) is 9.78 Å². The van der Waals surface area contributed by atoms with Crippen molar-refractivity contribution in [3.05, 3.63) is 12.2 Å². The number of hydrogen-bond acceptors (Lipinski definition) is 6. The molecule has 0 saturated carbocycles. The van der Waals surface area contributed by atoms with Gasteiger partial charge in [0.15, 0.2) is 0 Å². The van der Waals surface area contributed by atoms with E-state index < -0.39 is 5.79 Å². The van der Waals surface area contributed by atoms with Gasteiger partial charge in [0.1, 0.15) is 0 Å². The quantitative estimate of drug-likeness (QED) is 0.0879. The Labute approximate surface area is 159 Å². The van der Waals surface area contributed by atoms with E-state index in [0.29, 0.717) is 18.6 Å². The zero-order chi connectivity index (χ0) is 19.8. The van der Waals surface area contributed by atoms with Crippen LogP contribution in [-0.4, -0.2) is 32.6 Å². The van der Waals surface area contributed by atoms with Crippen LogP contribution in [0.2, 0.25) is 0 Å². The number of carbonyl (C=O) groups excluding carboxylic acids is 1. The fourth-order valence-electron chi connectivity index (χ4n) is 2.94. The molecule has 0 aliphatic rings. The van der Waals surface area contributed by atoms with Gasteiger partial charge in [-0.15, -0.1) is 0 Å². The second-order valence-corrected chi connectivity index (χ2v) is 6.83. The molecule has 1 unspecified atom stereocenters. The van der Waals surface area contributed by atoms with Crippen molar-refractivity contribution in [2.45, 2.75) is 84.3 Å². The standard InChI is InChI=1S/C20H38O6/c1-7-8-9-10-11-12-14-18(20(4,25-22-5)26-23-6)15-13-16-24-19(21)17(2)3/h18H,2,7-16H2,1,3-6H3. The van der Waals surface area contributed by atoms with Crippen LogP contribution in [0.25, 0.3) is 0 Å². The first-order chi connectivity index (χ1) is 12.4. The molecule has 26 heavy (non-hydrogen) atoms. The van der Waals surface area contributed by atoms with Crippen LogP contribution in [0.4, 0.5) is 0 Å². The van der Waals surface area contributed by atoms with Gasteiger partial charge in [-0.1, -0.05) is 52.0 Å². The maximum Gasteiger partial charge on any atom is 0.333 e. The first-order valence-corrected chi connectivity index (χ1v) is 9.67. The Morgan fingerprint density at radius 3 is 2.04 bits per heavy atom. The second kappa shape index (κ2) is 15.1. The van der Waals surface area contributed by atoms with E-state index in [1.807, 2.05) is 6.92 Å².